The van der Waals surface area contributed by atoms with Gasteiger partial charge in [0.05, 0.1) is 6.42 Å². The highest BCUT2D eigenvalue weighted by Gasteiger charge is 2.31. The molecule has 1 aromatic rings. The summed E-state index contributed by atoms with van der Waals surface area (Å²) in [6.07, 6.45) is 5.32. The van der Waals surface area contributed by atoms with Gasteiger partial charge in [0.2, 0.25) is 5.91 Å². The Labute approximate surface area is 120 Å². The highest BCUT2D eigenvalue weighted by atomic mass is 16.1. The number of carbonyl (C=O) groups excluding carboxylic acids is 1. The van der Waals surface area contributed by atoms with E-state index < -0.39 is 0 Å². The minimum Gasteiger partial charge on any atom is -0.399 e. The van der Waals surface area contributed by atoms with E-state index in [0.29, 0.717) is 18.2 Å². The number of benzene rings is 1. The van der Waals surface area contributed by atoms with Crippen LogP contribution in [0.1, 0.15) is 31.2 Å². The van der Waals surface area contributed by atoms with Crippen molar-refractivity contribution in [3.05, 3.63) is 29.8 Å². The van der Waals surface area contributed by atoms with Crippen molar-refractivity contribution in [1.82, 2.24) is 10.2 Å². The molecule has 0 aromatic heterocycles. The topological polar surface area (TPSA) is 58.4 Å². The molecule has 1 aromatic carbocycles. The first kappa shape index (κ1) is 13.4. The summed E-state index contributed by atoms with van der Waals surface area (Å²) in [7, 11) is 0. The van der Waals surface area contributed by atoms with Gasteiger partial charge in [-0.2, -0.15) is 0 Å². The zero-order chi connectivity index (χ0) is 13.9. The fourth-order valence-corrected chi connectivity index (χ4v) is 3.02. The lowest BCUT2D eigenvalue weighted by Crippen LogP contribution is -2.45. The van der Waals surface area contributed by atoms with E-state index in [1.54, 1.807) is 0 Å². The number of anilines is 1. The van der Waals surface area contributed by atoms with E-state index >= 15 is 0 Å². The van der Waals surface area contributed by atoms with E-state index in [2.05, 4.69) is 10.2 Å². The summed E-state index contributed by atoms with van der Waals surface area (Å²) in [4.78, 5) is 14.6. The van der Waals surface area contributed by atoms with E-state index in [1.807, 2.05) is 24.3 Å². The van der Waals surface area contributed by atoms with E-state index in [0.717, 1.165) is 37.5 Å². The SMILES string of the molecule is Nc1cccc(CC(=O)NC2CCN(C3CC3)CC2)c1. The van der Waals surface area contributed by atoms with Gasteiger partial charge in [0.1, 0.15) is 0 Å². The van der Waals surface area contributed by atoms with Crippen LogP contribution in [0.3, 0.4) is 0 Å². The predicted octanol–water partition coefficient (Wildman–Crippen LogP) is 1.55. The maximum absolute atomic E-state index is 12.1. The Balaban J connectivity index is 1.44. The first-order valence-electron chi connectivity index (χ1n) is 7.58. The molecule has 4 nitrogen and oxygen atoms in total. The number of nitrogens with two attached hydrogens (primary N) is 1. The molecular formula is C16H23N3O. The van der Waals surface area contributed by atoms with Gasteiger partial charge in [0, 0.05) is 30.9 Å². The van der Waals surface area contributed by atoms with Crippen molar-refractivity contribution >= 4 is 11.6 Å². The lowest BCUT2D eigenvalue weighted by atomic mass is 10.0. The van der Waals surface area contributed by atoms with Gasteiger partial charge in [-0.05, 0) is 43.4 Å². The minimum absolute atomic E-state index is 0.112. The Bertz CT molecular complexity index is 476. The highest BCUT2D eigenvalue weighted by molar-refractivity contribution is 5.79. The van der Waals surface area contributed by atoms with Crippen molar-refractivity contribution in [2.24, 2.45) is 0 Å². The molecule has 1 aliphatic carbocycles. The maximum atomic E-state index is 12.1. The highest BCUT2D eigenvalue weighted by Crippen LogP contribution is 2.29. The van der Waals surface area contributed by atoms with Crippen LogP contribution in [-0.2, 0) is 11.2 Å². The third kappa shape index (κ3) is 3.51. The molecule has 0 radical (unpaired) electrons. The van der Waals surface area contributed by atoms with Gasteiger partial charge in [0.15, 0.2) is 0 Å². The third-order valence-corrected chi connectivity index (χ3v) is 4.27. The summed E-state index contributed by atoms with van der Waals surface area (Å²) in [6.45, 7) is 2.27. The Hall–Kier alpha value is -1.55. The quantitative estimate of drug-likeness (QED) is 0.818. The van der Waals surface area contributed by atoms with Gasteiger partial charge in [-0.1, -0.05) is 12.1 Å². The van der Waals surface area contributed by atoms with Crippen LogP contribution in [0.2, 0.25) is 0 Å². The Morgan fingerprint density at radius 3 is 2.65 bits per heavy atom. The summed E-state index contributed by atoms with van der Waals surface area (Å²) in [5, 5.41) is 3.16. The van der Waals surface area contributed by atoms with Crippen molar-refractivity contribution in [2.75, 3.05) is 18.8 Å². The largest absolute Gasteiger partial charge is 0.399 e. The molecule has 3 N–H and O–H groups in total. The normalized spacial score (nSPS) is 20.8. The van der Waals surface area contributed by atoms with Gasteiger partial charge in [-0.25, -0.2) is 0 Å². The van der Waals surface area contributed by atoms with Crippen LogP contribution in [0.15, 0.2) is 24.3 Å². The van der Waals surface area contributed by atoms with Crippen LogP contribution in [-0.4, -0.2) is 36.0 Å². The molecule has 4 heteroatoms. The van der Waals surface area contributed by atoms with Crippen LogP contribution in [0.4, 0.5) is 5.69 Å². The molecule has 0 spiro atoms. The molecule has 108 valence electrons. The number of amides is 1. The smallest absolute Gasteiger partial charge is 0.224 e. The molecule has 1 aliphatic heterocycles. The molecular weight excluding hydrogens is 250 g/mol. The molecule has 1 heterocycles. The maximum Gasteiger partial charge on any atom is 0.224 e. The average molecular weight is 273 g/mol. The second-order valence-electron chi connectivity index (χ2n) is 6.03. The monoisotopic (exact) mass is 273 g/mol. The fourth-order valence-electron chi connectivity index (χ4n) is 3.02. The van der Waals surface area contributed by atoms with Crippen LogP contribution in [0.5, 0.6) is 0 Å². The summed E-state index contributed by atoms with van der Waals surface area (Å²) >= 11 is 0. The van der Waals surface area contributed by atoms with Crippen LogP contribution < -0.4 is 11.1 Å². The van der Waals surface area contributed by atoms with Gasteiger partial charge >= 0.3 is 0 Å². The van der Waals surface area contributed by atoms with Gasteiger partial charge in [-0.3, -0.25) is 4.79 Å². The number of nitrogens with zero attached hydrogens (tertiary/aromatic N) is 1. The fraction of sp³-hybridized carbons (Fsp3) is 0.562. The molecule has 1 amide bonds. The number of piperidine rings is 1. The number of hydrogen-bond donors (Lipinski definition) is 2. The van der Waals surface area contributed by atoms with Crippen LogP contribution >= 0.6 is 0 Å². The number of nitrogens with one attached hydrogen (secondary N) is 1. The summed E-state index contributed by atoms with van der Waals surface area (Å²) in [5.41, 5.74) is 7.43. The van der Waals surface area contributed by atoms with Crippen molar-refractivity contribution in [3.63, 3.8) is 0 Å². The van der Waals surface area contributed by atoms with Crippen LogP contribution in [0, 0.1) is 0 Å². The molecule has 0 bridgehead atoms. The number of nitrogen functional groups attached to an aromatic ring is 1. The first-order valence-corrected chi connectivity index (χ1v) is 7.58. The molecule has 2 aliphatic rings. The number of hydrogen-bond acceptors (Lipinski definition) is 3. The lowest BCUT2D eigenvalue weighted by molar-refractivity contribution is -0.121. The van der Waals surface area contributed by atoms with Gasteiger partial charge in [0.25, 0.3) is 0 Å². The zero-order valence-corrected chi connectivity index (χ0v) is 11.8. The molecule has 0 unspecified atom stereocenters. The average Bonchev–Trinajstić information content (AvgIpc) is 3.24. The predicted molar refractivity (Wildman–Crippen MR) is 80.3 cm³/mol. The summed E-state index contributed by atoms with van der Waals surface area (Å²) < 4.78 is 0. The van der Waals surface area contributed by atoms with Crippen molar-refractivity contribution < 1.29 is 4.79 Å². The van der Waals surface area contributed by atoms with E-state index in [1.165, 1.54) is 12.8 Å². The van der Waals surface area contributed by atoms with Crippen molar-refractivity contribution in [2.45, 2.75) is 44.2 Å². The second kappa shape index (κ2) is 5.83. The number of likely N-dealkylation sites (tertiary alicyclic amines) is 1. The first-order chi connectivity index (χ1) is 9.70. The van der Waals surface area contributed by atoms with Crippen molar-refractivity contribution in [3.8, 4) is 0 Å². The van der Waals surface area contributed by atoms with E-state index in [9.17, 15) is 4.79 Å². The molecule has 3 rings (SSSR count). The summed E-state index contributed by atoms with van der Waals surface area (Å²) in [5.74, 6) is 0.112. The molecule has 20 heavy (non-hydrogen) atoms. The Kier molecular flexibility index (Phi) is 3.92. The van der Waals surface area contributed by atoms with Gasteiger partial charge in [-0.15, -0.1) is 0 Å². The van der Waals surface area contributed by atoms with Crippen LogP contribution in [0.25, 0.3) is 0 Å². The zero-order valence-electron chi connectivity index (χ0n) is 11.8. The number of carbonyl (C=O) groups is 1. The minimum atomic E-state index is 0.112. The number of rotatable bonds is 4. The third-order valence-electron chi connectivity index (χ3n) is 4.27. The molecule has 2 fully saturated rings. The standard InChI is InChI=1S/C16H23N3O/c17-13-3-1-2-12(10-13)11-16(20)18-14-6-8-19(9-7-14)15-4-5-15/h1-3,10,14-15H,4-9,11,17H2,(H,18,20). The lowest BCUT2D eigenvalue weighted by Gasteiger charge is -2.32. The van der Waals surface area contributed by atoms with E-state index in [4.69, 9.17) is 5.73 Å². The Morgan fingerprint density at radius 2 is 2.00 bits per heavy atom. The molecule has 0 atom stereocenters. The van der Waals surface area contributed by atoms with E-state index in [-0.39, 0.29) is 5.91 Å². The van der Waals surface area contributed by atoms with Crippen molar-refractivity contribution in [1.29, 1.82) is 0 Å². The molecule has 1 saturated carbocycles. The summed E-state index contributed by atoms with van der Waals surface area (Å²) in [6, 6.07) is 8.75. The Morgan fingerprint density at radius 1 is 1.25 bits per heavy atom. The second-order valence-corrected chi connectivity index (χ2v) is 6.03. The molecule has 1 saturated heterocycles. The van der Waals surface area contributed by atoms with Gasteiger partial charge < -0.3 is 16.0 Å².